The maximum Gasteiger partial charge on any atom is 0.336 e. The first kappa shape index (κ1) is 33.8. The average molecular weight is 674 g/mol. The van der Waals surface area contributed by atoms with E-state index in [9.17, 15) is 0 Å². The highest BCUT2D eigenvalue weighted by molar-refractivity contribution is 7.41. The fourth-order valence-corrected chi connectivity index (χ4v) is 8.84. The summed E-state index contributed by atoms with van der Waals surface area (Å²) in [5, 5.41) is 0. The molecule has 0 N–H and O–H groups in total. The monoisotopic (exact) mass is 673 g/mol. The third kappa shape index (κ3) is 6.28. The van der Waals surface area contributed by atoms with Crippen LogP contribution < -0.4 is 0 Å². The van der Waals surface area contributed by atoms with Gasteiger partial charge >= 0.3 is 8.60 Å². The molecule has 6 nitrogen and oxygen atoms in total. The van der Waals surface area contributed by atoms with Crippen molar-refractivity contribution in [3.8, 4) is 0 Å². The summed E-state index contributed by atoms with van der Waals surface area (Å²) in [5.74, 6) is -0.960. The average Bonchev–Trinajstić information content (AvgIpc) is 3.43. The molecule has 2 saturated heterocycles. The van der Waals surface area contributed by atoms with E-state index in [2.05, 4.69) is 86.6 Å². The van der Waals surface area contributed by atoms with Gasteiger partial charge in [-0.25, -0.2) is 0 Å². The predicted molar refractivity (Wildman–Crippen MR) is 194 cm³/mol. The first-order valence-corrected chi connectivity index (χ1v) is 18.0. The Balaban J connectivity index is 1.53. The Labute approximate surface area is 291 Å². The smallest absolute Gasteiger partial charge is 0.336 e. The molecule has 0 saturated carbocycles. The molecule has 2 fully saturated rings. The van der Waals surface area contributed by atoms with Gasteiger partial charge < -0.3 is 18.9 Å². The molecule has 7 heteroatoms. The lowest BCUT2D eigenvalue weighted by atomic mass is 9.72. The van der Waals surface area contributed by atoms with E-state index in [1.165, 1.54) is 0 Å². The molecule has 0 aliphatic carbocycles. The molecule has 0 bridgehead atoms. The van der Waals surface area contributed by atoms with Crippen LogP contribution in [-0.4, -0.2) is 43.0 Å². The van der Waals surface area contributed by atoms with Crippen molar-refractivity contribution >= 4 is 8.60 Å². The van der Waals surface area contributed by atoms with E-state index >= 15 is 0 Å². The highest BCUT2D eigenvalue weighted by Crippen LogP contribution is 2.66. The van der Waals surface area contributed by atoms with Gasteiger partial charge in [-0.3, -0.25) is 9.05 Å². The molecule has 5 aromatic carbocycles. The van der Waals surface area contributed by atoms with Gasteiger partial charge in [0.25, 0.3) is 0 Å². The summed E-state index contributed by atoms with van der Waals surface area (Å²) in [7, 11) is 2.00. The van der Waals surface area contributed by atoms with Crippen molar-refractivity contribution in [2.75, 3.05) is 14.1 Å². The van der Waals surface area contributed by atoms with Crippen molar-refractivity contribution in [3.05, 3.63) is 179 Å². The Morgan fingerprint density at radius 2 is 0.878 bits per heavy atom. The molecule has 0 radical (unpaired) electrons. The minimum absolute atomic E-state index is 0.0167. The molecule has 4 atom stereocenters. The minimum atomic E-state index is -2.13. The number of fused-ring (bicyclic) bond motifs is 1. The van der Waals surface area contributed by atoms with Crippen LogP contribution in [0.5, 0.6) is 0 Å². The lowest BCUT2D eigenvalue weighted by molar-refractivity contribution is -0.177. The number of benzene rings is 5. The second kappa shape index (κ2) is 13.9. The molecule has 2 aliphatic heterocycles. The van der Waals surface area contributed by atoms with Crippen LogP contribution in [0.15, 0.2) is 152 Å². The summed E-state index contributed by atoms with van der Waals surface area (Å²) in [5.41, 5.74) is 2.36. The van der Waals surface area contributed by atoms with Crippen LogP contribution in [-0.2, 0) is 34.2 Å². The fourth-order valence-electron chi connectivity index (χ4n) is 7.13. The van der Waals surface area contributed by atoms with E-state index in [4.69, 9.17) is 23.0 Å². The number of hydrogen-bond donors (Lipinski definition) is 0. The standard InChI is InChI=1S/C42H44NO5P/c1-31(43(4)5)37(32-21-11-6-12-22-32)46-49-47-41(33-23-13-7-14-24-33,34-25-15-8-16-26-34)38-39(45-40(2,3)44-38)42(48-49,35-27-17-9-18-28-35)36-29-19-10-20-30-36/h6-31,37-39H,1-5H3/t31-,37-,38+,39+/m0/s1. The molecule has 0 spiro atoms. The van der Waals surface area contributed by atoms with E-state index < -0.39 is 37.8 Å². The van der Waals surface area contributed by atoms with E-state index in [0.29, 0.717) is 0 Å². The maximum atomic E-state index is 7.56. The first-order chi connectivity index (χ1) is 23.7. The zero-order chi connectivity index (χ0) is 34.1. The fraction of sp³-hybridized carbons (Fsp3) is 0.286. The number of ether oxygens (including phenoxy) is 2. The van der Waals surface area contributed by atoms with Gasteiger partial charge in [0.05, 0.1) is 0 Å². The molecule has 0 amide bonds. The van der Waals surface area contributed by atoms with Crippen LogP contribution in [0, 0.1) is 0 Å². The molecule has 5 aromatic rings. The van der Waals surface area contributed by atoms with Gasteiger partial charge in [0.2, 0.25) is 0 Å². The van der Waals surface area contributed by atoms with Gasteiger partial charge in [-0.1, -0.05) is 152 Å². The van der Waals surface area contributed by atoms with Crippen molar-refractivity contribution in [1.29, 1.82) is 0 Å². The predicted octanol–water partition coefficient (Wildman–Crippen LogP) is 9.38. The van der Waals surface area contributed by atoms with Crippen LogP contribution in [0.4, 0.5) is 0 Å². The largest absolute Gasteiger partial charge is 0.341 e. The van der Waals surface area contributed by atoms with Crippen LogP contribution in [0.25, 0.3) is 0 Å². The maximum absolute atomic E-state index is 7.56. The van der Waals surface area contributed by atoms with Crippen molar-refractivity contribution in [2.24, 2.45) is 0 Å². The van der Waals surface area contributed by atoms with Gasteiger partial charge in [0.15, 0.2) is 17.0 Å². The van der Waals surface area contributed by atoms with E-state index in [1.807, 2.05) is 105 Å². The first-order valence-electron chi connectivity index (χ1n) is 16.9. The summed E-state index contributed by atoms with van der Waals surface area (Å²) < 4.78 is 36.6. The molecule has 49 heavy (non-hydrogen) atoms. The third-order valence-electron chi connectivity index (χ3n) is 9.73. The quantitative estimate of drug-likeness (QED) is 0.145. The van der Waals surface area contributed by atoms with Crippen LogP contribution >= 0.6 is 8.60 Å². The molecular weight excluding hydrogens is 629 g/mol. The van der Waals surface area contributed by atoms with Crippen LogP contribution in [0.3, 0.4) is 0 Å². The Morgan fingerprint density at radius 3 is 1.20 bits per heavy atom. The SMILES string of the molecule is C[C@@H]([C@H](OP1OC(c2ccccc2)(c2ccccc2)[C@@H]2OC(C)(C)O[C@H]2C(c2ccccc2)(c2ccccc2)O1)c1ccccc1)N(C)C. The molecular formula is C42H44NO5P. The lowest BCUT2D eigenvalue weighted by Crippen LogP contribution is -2.53. The molecule has 7 rings (SSSR count). The van der Waals surface area contributed by atoms with Crippen molar-refractivity contribution in [2.45, 2.75) is 62.1 Å². The van der Waals surface area contributed by atoms with Gasteiger partial charge in [0.1, 0.15) is 18.3 Å². The van der Waals surface area contributed by atoms with Crippen LogP contribution in [0.2, 0.25) is 0 Å². The normalized spacial score (nSPS) is 22.6. The van der Waals surface area contributed by atoms with Gasteiger partial charge in [-0.05, 0) is 62.7 Å². The molecule has 2 heterocycles. The molecule has 2 aliphatic rings. The summed E-state index contributed by atoms with van der Waals surface area (Å²) in [6, 6.07) is 51.5. The lowest BCUT2D eigenvalue weighted by Gasteiger charge is -2.41. The van der Waals surface area contributed by atoms with Crippen molar-refractivity contribution in [3.63, 3.8) is 0 Å². The van der Waals surface area contributed by atoms with Gasteiger partial charge in [0, 0.05) is 6.04 Å². The summed E-state index contributed by atoms with van der Waals surface area (Å²) in [4.78, 5) is 2.16. The third-order valence-corrected chi connectivity index (χ3v) is 11.0. The summed E-state index contributed by atoms with van der Waals surface area (Å²) in [6.07, 6.45) is -1.71. The summed E-state index contributed by atoms with van der Waals surface area (Å²) >= 11 is 0. The number of likely N-dealkylation sites (N-methyl/N-ethyl adjacent to an activating group) is 1. The van der Waals surface area contributed by atoms with Crippen LogP contribution in [0.1, 0.15) is 54.7 Å². The molecule has 252 valence electrons. The molecule has 0 aromatic heterocycles. The Kier molecular flexibility index (Phi) is 9.58. The van der Waals surface area contributed by atoms with Crippen molar-refractivity contribution < 1.29 is 23.0 Å². The second-order valence-corrected chi connectivity index (χ2v) is 14.5. The molecule has 0 unspecified atom stereocenters. The van der Waals surface area contributed by atoms with E-state index in [-0.39, 0.29) is 12.1 Å². The van der Waals surface area contributed by atoms with Gasteiger partial charge in [-0.2, -0.15) is 0 Å². The minimum Gasteiger partial charge on any atom is -0.341 e. The zero-order valence-corrected chi connectivity index (χ0v) is 29.6. The van der Waals surface area contributed by atoms with E-state index in [0.717, 1.165) is 27.8 Å². The van der Waals surface area contributed by atoms with Gasteiger partial charge in [-0.15, -0.1) is 0 Å². The van der Waals surface area contributed by atoms with E-state index in [1.54, 1.807) is 0 Å². The highest BCUT2D eigenvalue weighted by atomic mass is 31.2. The zero-order valence-electron chi connectivity index (χ0n) is 28.7. The summed E-state index contributed by atoms with van der Waals surface area (Å²) in [6.45, 7) is 6.09. The number of rotatable bonds is 9. The Hall–Kier alpha value is -3.71. The van der Waals surface area contributed by atoms with Crippen molar-refractivity contribution in [1.82, 2.24) is 4.90 Å². The number of nitrogens with zero attached hydrogens (tertiary/aromatic N) is 1. The highest BCUT2D eigenvalue weighted by Gasteiger charge is 2.67. The number of hydrogen-bond acceptors (Lipinski definition) is 6. The second-order valence-electron chi connectivity index (χ2n) is 13.5. The topological polar surface area (TPSA) is 49.4 Å². The Morgan fingerprint density at radius 1 is 0.551 bits per heavy atom. The Bertz CT molecular complexity index is 1610.